The number of para-hydroxylation sites is 1. The quantitative estimate of drug-likeness (QED) is 0.908. The van der Waals surface area contributed by atoms with E-state index in [0.29, 0.717) is 6.04 Å². The molecule has 1 aliphatic heterocycles. The maximum atomic E-state index is 6.13. The molecule has 2 aromatic rings. The Bertz CT molecular complexity index is 626. The van der Waals surface area contributed by atoms with Crippen LogP contribution < -0.4 is 10.1 Å². The lowest BCUT2D eigenvalue weighted by Gasteiger charge is -2.23. The zero-order chi connectivity index (χ0) is 14.8. The Balaban J connectivity index is 1.81. The van der Waals surface area contributed by atoms with Gasteiger partial charge in [0.15, 0.2) is 6.10 Å². The first kappa shape index (κ1) is 14.9. The molecule has 1 aromatic carbocycles. The van der Waals surface area contributed by atoms with E-state index in [-0.39, 0.29) is 6.10 Å². The fraction of sp³-hybridized carbons (Fsp3) is 0.438. The topological polar surface area (TPSA) is 34.1 Å². The molecule has 0 radical (unpaired) electrons. The van der Waals surface area contributed by atoms with Gasteiger partial charge in [0.25, 0.3) is 0 Å². The summed E-state index contributed by atoms with van der Waals surface area (Å²) in [4.78, 5) is 7.29. The highest BCUT2D eigenvalue weighted by atomic mass is 32.2. The number of hydrogen-bond donors (Lipinski definition) is 1. The molecule has 2 heterocycles. The molecule has 1 aromatic heterocycles. The lowest BCUT2D eigenvalue weighted by molar-refractivity contribution is 0.220. The minimum absolute atomic E-state index is 0.0659. The molecule has 0 aliphatic carbocycles. The van der Waals surface area contributed by atoms with Crippen LogP contribution in [0.1, 0.15) is 41.6 Å². The second-order valence-electron chi connectivity index (χ2n) is 5.15. The van der Waals surface area contributed by atoms with Gasteiger partial charge in [0.2, 0.25) is 0 Å². The molecule has 0 bridgehead atoms. The number of aryl methyl sites for hydroxylation is 1. The van der Waals surface area contributed by atoms with Crippen molar-refractivity contribution >= 4 is 23.1 Å². The van der Waals surface area contributed by atoms with Crippen molar-refractivity contribution in [2.45, 2.75) is 37.8 Å². The second kappa shape index (κ2) is 6.38. The molecule has 112 valence electrons. The van der Waals surface area contributed by atoms with Gasteiger partial charge >= 0.3 is 0 Å². The van der Waals surface area contributed by atoms with Crippen LogP contribution in [-0.2, 0) is 0 Å². The van der Waals surface area contributed by atoms with Crippen LogP contribution >= 0.6 is 23.1 Å². The van der Waals surface area contributed by atoms with Gasteiger partial charge in [-0.2, -0.15) is 0 Å². The first-order valence-corrected chi connectivity index (χ1v) is 9.08. The Morgan fingerprint density at radius 1 is 1.43 bits per heavy atom. The van der Waals surface area contributed by atoms with Crippen molar-refractivity contribution in [1.29, 1.82) is 0 Å². The van der Waals surface area contributed by atoms with E-state index in [2.05, 4.69) is 38.2 Å². The molecular weight excluding hydrogens is 300 g/mol. The number of hydrogen-bond acceptors (Lipinski definition) is 5. The number of rotatable bonds is 4. The zero-order valence-electron chi connectivity index (χ0n) is 12.6. The monoisotopic (exact) mass is 320 g/mol. The van der Waals surface area contributed by atoms with Gasteiger partial charge in [-0.15, -0.1) is 23.1 Å². The van der Waals surface area contributed by atoms with Crippen molar-refractivity contribution in [3.63, 3.8) is 0 Å². The van der Waals surface area contributed by atoms with Gasteiger partial charge in [-0.3, -0.25) is 0 Å². The van der Waals surface area contributed by atoms with E-state index in [1.165, 1.54) is 9.77 Å². The average Bonchev–Trinajstić information content (AvgIpc) is 2.89. The van der Waals surface area contributed by atoms with Crippen molar-refractivity contribution in [3.8, 4) is 5.75 Å². The Hall–Kier alpha value is -1.04. The van der Waals surface area contributed by atoms with Crippen LogP contribution in [0.2, 0.25) is 0 Å². The van der Waals surface area contributed by atoms with Crippen molar-refractivity contribution in [2.24, 2.45) is 0 Å². The zero-order valence-corrected chi connectivity index (χ0v) is 14.2. The van der Waals surface area contributed by atoms with Gasteiger partial charge in [0.05, 0.1) is 5.69 Å². The van der Waals surface area contributed by atoms with Gasteiger partial charge in [-0.05, 0) is 32.5 Å². The van der Waals surface area contributed by atoms with Gasteiger partial charge in [0, 0.05) is 21.6 Å². The third kappa shape index (κ3) is 3.10. The fourth-order valence-corrected chi connectivity index (χ4v) is 4.73. The van der Waals surface area contributed by atoms with Crippen molar-refractivity contribution in [2.75, 3.05) is 12.3 Å². The maximum absolute atomic E-state index is 6.13. The molecule has 0 amide bonds. The van der Waals surface area contributed by atoms with Crippen LogP contribution in [0.15, 0.2) is 29.2 Å². The van der Waals surface area contributed by atoms with Gasteiger partial charge in [-0.25, -0.2) is 4.98 Å². The first-order valence-electron chi connectivity index (χ1n) is 7.28. The minimum Gasteiger partial charge on any atom is -0.481 e. The lowest BCUT2D eigenvalue weighted by Crippen LogP contribution is -2.17. The summed E-state index contributed by atoms with van der Waals surface area (Å²) in [6.45, 7) is 7.38. The van der Waals surface area contributed by atoms with E-state index in [0.717, 1.165) is 28.7 Å². The Morgan fingerprint density at radius 3 is 3.05 bits per heavy atom. The molecule has 0 saturated carbocycles. The molecule has 5 heteroatoms. The predicted molar refractivity (Wildman–Crippen MR) is 89.5 cm³/mol. The standard InChI is InChI=1S/C16H20N2OS2/c1-4-17-10(2)15-11(3)18-16(21-15)13-9-20-14-8-6-5-7-12(14)19-13/h5-8,10,13,17H,4,9H2,1-3H3. The van der Waals surface area contributed by atoms with E-state index in [1.54, 1.807) is 11.3 Å². The molecule has 3 rings (SSSR count). The van der Waals surface area contributed by atoms with Gasteiger partial charge < -0.3 is 10.1 Å². The number of fused-ring (bicyclic) bond motifs is 1. The van der Waals surface area contributed by atoms with Crippen LogP contribution in [0.3, 0.4) is 0 Å². The second-order valence-corrected chi connectivity index (χ2v) is 7.27. The maximum Gasteiger partial charge on any atom is 0.159 e. The lowest BCUT2D eigenvalue weighted by atomic mass is 10.2. The minimum atomic E-state index is 0.0659. The van der Waals surface area contributed by atoms with Crippen LogP contribution in [0.4, 0.5) is 0 Å². The van der Waals surface area contributed by atoms with Crippen LogP contribution in [0.5, 0.6) is 5.75 Å². The molecule has 1 N–H and O–H groups in total. The molecule has 2 unspecified atom stereocenters. The number of nitrogens with one attached hydrogen (secondary N) is 1. The third-order valence-electron chi connectivity index (χ3n) is 3.54. The highest BCUT2D eigenvalue weighted by Gasteiger charge is 2.26. The molecular formula is C16H20N2OS2. The Labute approximate surface area is 134 Å². The summed E-state index contributed by atoms with van der Waals surface area (Å²) in [5.41, 5.74) is 1.12. The molecule has 0 spiro atoms. The molecule has 21 heavy (non-hydrogen) atoms. The van der Waals surface area contributed by atoms with Crippen molar-refractivity contribution in [3.05, 3.63) is 39.8 Å². The molecule has 0 saturated heterocycles. The van der Waals surface area contributed by atoms with Gasteiger partial charge in [-0.1, -0.05) is 19.1 Å². The van der Waals surface area contributed by atoms with Crippen molar-refractivity contribution < 1.29 is 4.74 Å². The normalized spacial score (nSPS) is 18.9. The summed E-state index contributed by atoms with van der Waals surface area (Å²) in [6.07, 6.45) is 0.0659. The summed E-state index contributed by atoms with van der Waals surface area (Å²) in [6, 6.07) is 8.58. The number of benzene rings is 1. The van der Waals surface area contributed by atoms with Crippen molar-refractivity contribution in [1.82, 2.24) is 10.3 Å². The summed E-state index contributed by atoms with van der Waals surface area (Å²) < 4.78 is 6.13. The molecule has 0 fully saturated rings. The number of aromatic nitrogens is 1. The SMILES string of the molecule is CCNC(C)c1sc(C2CSc3ccccc3O2)nc1C. The summed E-state index contributed by atoms with van der Waals surface area (Å²) >= 11 is 3.63. The fourth-order valence-electron chi connectivity index (χ4n) is 2.51. The first-order chi connectivity index (χ1) is 10.2. The van der Waals surface area contributed by atoms with Gasteiger partial charge in [0.1, 0.15) is 10.8 Å². The number of nitrogens with zero attached hydrogens (tertiary/aromatic N) is 1. The van der Waals surface area contributed by atoms with E-state index < -0.39 is 0 Å². The Morgan fingerprint density at radius 2 is 2.24 bits per heavy atom. The highest BCUT2D eigenvalue weighted by molar-refractivity contribution is 7.99. The smallest absolute Gasteiger partial charge is 0.159 e. The molecule has 1 aliphatic rings. The number of ether oxygens (including phenoxy) is 1. The number of thiazole rings is 1. The predicted octanol–water partition coefficient (Wildman–Crippen LogP) is 4.35. The van der Waals surface area contributed by atoms with Crippen LogP contribution in [-0.4, -0.2) is 17.3 Å². The van der Waals surface area contributed by atoms with E-state index in [4.69, 9.17) is 9.72 Å². The highest BCUT2D eigenvalue weighted by Crippen LogP contribution is 2.41. The summed E-state index contributed by atoms with van der Waals surface area (Å²) in [5.74, 6) is 1.91. The average molecular weight is 320 g/mol. The van der Waals surface area contributed by atoms with E-state index in [9.17, 15) is 0 Å². The number of thioether (sulfide) groups is 1. The summed E-state index contributed by atoms with van der Waals surface area (Å²) in [5, 5.41) is 4.55. The molecule has 3 nitrogen and oxygen atoms in total. The largest absolute Gasteiger partial charge is 0.481 e. The molecule has 2 atom stereocenters. The third-order valence-corrected chi connectivity index (χ3v) is 6.09. The van der Waals surface area contributed by atoms with E-state index >= 15 is 0 Å². The Kier molecular flexibility index (Phi) is 4.52. The summed E-state index contributed by atoms with van der Waals surface area (Å²) in [7, 11) is 0. The van der Waals surface area contributed by atoms with E-state index in [1.807, 2.05) is 23.9 Å². The van der Waals surface area contributed by atoms with Crippen LogP contribution in [0.25, 0.3) is 0 Å². The van der Waals surface area contributed by atoms with Crippen LogP contribution in [0, 0.1) is 6.92 Å².